The van der Waals surface area contributed by atoms with Gasteiger partial charge in [0.05, 0.1) is 11.9 Å². The Hall–Kier alpha value is -1.41. The van der Waals surface area contributed by atoms with Crippen LogP contribution in [0.4, 0.5) is 18.9 Å². The van der Waals surface area contributed by atoms with E-state index in [-0.39, 0.29) is 5.69 Å². The van der Waals surface area contributed by atoms with Gasteiger partial charge < -0.3 is 5.32 Å². The summed E-state index contributed by atoms with van der Waals surface area (Å²) in [5.41, 5.74) is 0.528. The second-order valence-corrected chi connectivity index (χ2v) is 6.00. The van der Waals surface area contributed by atoms with Crippen molar-refractivity contribution in [1.82, 2.24) is 4.98 Å². The van der Waals surface area contributed by atoms with Crippen LogP contribution in [0.3, 0.4) is 0 Å². The Morgan fingerprint density at radius 1 is 1.45 bits per heavy atom. The van der Waals surface area contributed by atoms with Crippen LogP contribution in [0.15, 0.2) is 29.0 Å². The molecule has 0 atom stereocenters. The lowest BCUT2D eigenvalue weighted by molar-refractivity contribution is -0.167. The average molecular weight is 365 g/mol. The molecule has 1 amide bonds. The lowest BCUT2D eigenvalue weighted by Gasteiger charge is -2.10. The molecule has 0 radical (unpaired) electrons. The Bertz CT molecular complexity index is 635. The van der Waals surface area contributed by atoms with E-state index in [1.165, 1.54) is 23.7 Å². The number of hydrogen-bond donors (Lipinski definition) is 1. The third-order valence-electron chi connectivity index (χ3n) is 2.45. The fourth-order valence-electron chi connectivity index (χ4n) is 1.49. The highest BCUT2D eigenvalue weighted by Gasteiger charge is 2.39. The van der Waals surface area contributed by atoms with Crippen LogP contribution in [-0.4, -0.2) is 17.1 Å². The summed E-state index contributed by atoms with van der Waals surface area (Å²) < 4.78 is 37.8. The molecule has 0 unspecified atom stereocenters. The molecule has 0 saturated carbocycles. The van der Waals surface area contributed by atoms with Gasteiger partial charge in [0.25, 0.3) is 0 Å². The lowest BCUT2D eigenvalue weighted by Crippen LogP contribution is -2.30. The van der Waals surface area contributed by atoms with Gasteiger partial charge in [-0.1, -0.05) is 0 Å². The molecule has 0 fully saturated rings. The number of carbonyl (C=O) groups excluding carboxylic acids is 1. The van der Waals surface area contributed by atoms with Gasteiger partial charge in [0.2, 0.25) is 0 Å². The number of anilines is 1. The molecule has 20 heavy (non-hydrogen) atoms. The molecule has 2 aromatic rings. The number of amides is 1. The van der Waals surface area contributed by atoms with E-state index < -0.39 is 12.1 Å². The summed E-state index contributed by atoms with van der Waals surface area (Å²) in [7, 11) is 0. The van der Waals surface area contributed by atoms with Crippen LogP contribution in [0.5, 0.6) is 0 Å². The first-order valence-electron chi connectivity index (χ1n) is 5.37. The van der Waals surface area contributed by atoms with Crippen molar-refractivity contribution in [3.63, 3.8) is 0 Å². The highest BCUT2D eigenvalue weighted by atomic mass is 79.9. The molecular formula is C12H8BrF3N2OS. The van der Waals surface area contributed by atoms with E-state index in [4.69, 9.17) is 0 Å². The van der Waals surface area contributed by atoms with E-state index in [2.05, 4.69) is 20.9 Å². The fraction of sp³-hybridized carbons (Fsp3) is 0.167. The summed E-state index contributed by atoms with van der Waals surface area (Å²) in [6.45, 7) is 1.88. The number of aryl methyl sites for hydroxylation is 1. The number of aromatic nitrogens is 1. The number of hydrogen-bond acceptors (Lipinski definition) is 3. The molecule has 2 heterocycles. The highest BCUT2D eigenvalue weighted by molar-refractivity contribution is 9.10. The van der Waals surface area contributed by atoms with Gasteiger partial charge in [0.1, 0.15) is 0 Å². The van der Waals surface area contributed by atoms with Crippen molar-refractivity contribution in [2.75, 3.05) is 5.32 Å². The van der Waals surface area contributed by atoms with Gasteiger partial charge in [0, 0.05) is 26.0 Å². The summed E-state index contributed by atoms with van der Waals surface area (Å²) >= 11 is 4.76. The normalized spacial score (nSPS) is 11.4. The van der Waals surface area contributed by atoms with Gasteiger partial charge in [0.15, 0.2) is 0 Å². The molecular weight excluding hydrogens is 357 g/mol. The zero-order chi connectivity index (χ0) is 14.9. The quantitative estimate of drug-likeness (QED) is 0.858. The second-order valence-electron chi connectivity index (χ2n) is 3.89. The Morgan fingerprint density at radius 3 is 2.70 bits per heavy atom. The molecule has 8 heteroatoms. The van der Waals surface area contributed by atoms with Crippen LogP contribution in [0.2, 0.25) is 0 Å². The Labute approximate surface area is 125 Å². The number of halogens is 4. The zero-order valence-electron chi connectivity index (χ0n) is 10.1. The number of carbonyl (C=O) groups is 1. The molecule has 0 aliphatic carbocycles. The summed E-state index contributed by atoms with van der Waals surface area (Å²) in [6, 6.07) is 3.35. The van der Waals surface area contributed by atoms with E-state index >= 15 is 0 Å². The van der Waals surface area contributed by atoms with Crippen molar-refractivity contribution in [3.8, 4) is 10.4 Å². The first-order chi connectivity index (χ1) is 9.29. The first-order valence-corrected chi connectivity index (χ1v) is 6.98. The Morgan fingerprint density at radius 2 is 2.15 bits per heavy atom. The molecule has 106 valence electrons. The van der Waals surface area contributed by atoms with Crippen LogP contribution in [0.1, 0.15) is 4.88 Å². The van der Waals surface area contributed by atoms with Crippen molar-refractivity contribution in [2.24, 2.45) is 0 Å². The predicted octanol–water partition coefficient (Wildman–Crippen LogP) is 4.38. The largest absolute Gasteiger partial charge is 0.471 e. The van der Waals surface area contributed by atoms with Crippen molar-refractivity contribution in [1.29, 1.82) is 0 Å². The van der Waals surface area contributed by atoms with Crippen LogP contribution in [0, 0.1) is 6.92 Å². The summed E-state index contributed by atoms with van der Waals surface area (Å²) in [6.07, 6.45) is -2.28. The molecule has 0 saturated heterocycles. The minimum absolute atomic E-state index is 0.0311. The van der Waals surface area contributed by atoms with Crippen molar-refractivity contribution >= 4 is 38.9 Å². The molecule has 0 aromatic carbocycles. The molecule has 0 aliphatic rings. The number of alkyl halides is 3. The van der Waals surface area contributed by atoms with Gasteiger partial charge in [-0.05, 0) is 35.0 Å². The number of pyridine rings is 1. The standard InChI is InChI=1S/C12H8BrF3N2OS/c1-6-8(13)4-10(20-6)7-2-3-17-5-9(7)18-11(19)12(14,15)16/h2-5H,1H3,(H,18,19). The van der Waals surface area contributed by atoms with Crippen LogP contribution in [0.25, 0.3) is 10.4 Å². The predicted molar refractivity (Wildman–Crippen MR) is 74.7 cm³/mol. The molecule has 0 aliphatic heterocycles. The second kappa shape index (κ2) is 5.53. The SMILES string of the molecule is Cc1sc(-c2ccncc2NC(=O)C(F)(F)F)cc1Br. The number of thiophene rings is 1. The first kappa shape index (κ1) is 15.0. The third-order valence-corrected chi connectivity index (χ3v) is 4.62. The van der Waals surface area contributed by atoms with Crippen LogP contribution in [-0.2, 0) is 4.79 Å². The smallest absolute Gasteiger partial charge is 0.316 e. The molecule has 3 nitrogen and oxygen atoms in total. The summed E-state index contributed by atoms with van der Waals surface area (Å²) in [5, 5.41) is 1.84. The van der Waals surface area contributed by atoms with Gasteiger partial charge in [-0.25, -0.2) is 0 Å². The monoisotopic (exact) mass is 364 g/mol. The van der Waals surface area contributed by atoms with Gasteiger partial charge in [-0.2, -0.15) is 13.2 Å². The molecule has 1 N–H and O–H groups in total. The maximum Gasteiger partial charge on any atom is 0.471 e. The number of nitrogens with one attached hydrogen (secondary N) is 1. The molecule has 0 bridgehead atoms. The van der Waals surface area contributed by atoms with Crippen molar-refractivity contribution in [2.45, 2.75) is 13.1 Å². The molecule has 2 rings (SSSR count). The van der Waals surface area contributed by atoms with Crippen molar-refractivity contribution < 1.29 is 18.0 Å². The third kappa shape index (κ3) is 3.18. The van der Waals surface area contributed by atoms with Gasteiger partial charge in [-0.3, -0.25) is 9.78 Å². The Balaban J connectivity index is 2.39. The molecule has 2 aromatic heterocycles. The highest BCUT2D eigenvalue weighted by Crippen LogP contribution is 2.37. The summed E-state index contributed by atoms with van der Waals surface area (Å²) in [4.78, 5) is 16.5. The minimum atomic E-state index is -4.93. The van der Waals surface area contributed by atoms with Crippen LogP contribution < -0.4 is 5.32 Å². The maximum absolute atomic E-state index is 12.3. The minimum Gasteiger partial charge on any atom is -0.316 e. The van der Waals surface area contributed by atoms with E-state index in [9.17, 15) is 18.0 Å². The average Bonchev–Trinajstić information content (AvgIpc) is 2.69. The van der Waals surface area contributed by atoms with Crippen molar-refractivity contribution in [3.05, 3.63) is 33.9 Å². The van der Waals surface area contributed by atoms with E-state index in [0.29, 0.717) is 5.56 Å². The molecule has 0 spiro atoms. The van der Waals surface area contributed by atoms with Gasteiger partial charge >= 0.3 is 12.1 Å². The van der Waals surface area contributed by atoms with E-state index in [0.717, 1.165) is 14.2 Å². The topological polar surface area (TPSA) is 42.0 Å². The number of rotatable bonds is 2. The summed E-state index contributed by atoms with van der Waals surface area (Å²) in [5.74, 6) is -2.01. The maximum atomic E-state index is 12.3. The number of nitrogens with zero attached hydrogens (tertiary/aromatic N) is 1. The van der Waals surface area contributed by atoms with Gasteiger partial charge in [-0.15, -0.1) is 11.3 Å². The fourth-order valence-corrected chi connectivity index (χ4v) is 3.07. The zero-order valence-corrected chi connectivity index (χ0v) is 12.5. The van der Waals surface area contributed by atoms with E-state index in [1.54, 1.807) is 12.1 Å². The lowest BCUT2D eigenvalue weighted by atomic mass is 10.2. The van der Waals surface area contributed by atoms with Crippen LogP contribution >= 0.6 is 27.3 Å². The van der Waals surface area contributed by atoms with E-state index in [1.807, 2.05) is 12.2 Å². The Kier molecular flexibility index (Phi) is 4.14.